The molecule has 0 N–H and O–H groups in total. The summed E-state index contributed by atoms with van der Waals surface area (Å²) in [5, 5.41) is 0.369. The van der Waals surface area contributed by atoms with Crippen molar-refractivity contribution in [3.05, 3.63) is 35.5 Å². The van der Waals surface area contributed by atoms with Gasteiger partial charge in [0.1, 0.15) is 0 Å². The van der Waals surface area contributed by atoms with Crippen molar-refractivity contribution in [1.82, 2.24) is 9.38 Å². The van der Waals surface area contributed by atoms with E-state index in [1.165, 1.54) is 16.7 Å². The monoisotopic (exact) mass is 170 g/mol. The fourth-order valence-electron chi connectivity index (χ4n) is 0.958. The molecule has 0 radical (unpaired) electrons. The Morgan fingerprint density at radius 3 is 3.18 bits per heavy atom. The third-order valence-corrected chi connectivity index (χ3v) is 1.62. The summed E-state index contributed by atoms with van der Waals surface area (Å²) in [6, 6.07) is 1.24. The molecule has 0 atom stereocenters. The molecule has 0 aliphatic heterocycles. The van der Waals surface area contributed by atoms with Crippen LogP contribution in [0.2, 0.25) is 5.02 Å². The number of aromatic nitrogens is 2. The van der Waals surface area contributed by atoms with Crippen LogP contribution in [0.25, 0.3) is 5.65 Å². The van der Waals surface area contributed by atoms with E-state index >= 15 is 0 Å². The lowest BCUT2D eigenvalue weighted by Crippen LogP contribution is -1.86. The molecule has 0 saturated heterocycles. The Kier molecular flexibility index (Phi) is 1.32. The SMILES string of the molecule is Fc1cc(Cl)cn2ccnc12. The molecule has 11 heavy (non-hydrogen) atoms. The Morgan fingerprint density at radius 2 is 2.36 bits per heavy atom. The Labute approximate surface area is 67.2 Å². The zero-order chi connectivity index (χ0) is 7.84. The molecule has 0 amide bonds. The number of imidazole rings is 1. The minimum Gasteiger partial charge on any atom is -0.303 e. The maximum Gasteiger partial charge on any atom is 0.173 e. The summed E-state index contributed by atoms with van der Waals surface area (Å²) in [5.74, 6) is -0.400. The lowest BCUT2D eigenvalue weighted by molar-refractivity contribution is 0.630. The lowest BCUT2D eigenvalue weighted by atomic mass is 10.4. The van der Waals surface area contributed by atoms with Crippen LogP contribution in [-0.4, -0.2) is 9.38 Å². The first kappa shape index (κ1) is 6.61. The summed E-state index contributed by atoms with van der Waals surface area (Å²) in [4.78, 5) is 3.79. The summed E-state index contributed by atoms with van der Waals surface area (Å²) in [7, 11) is 0. The topological polar surface area (TPSA) is 17.3 Å². The van der Waals surface area contributed by atoms with Crippen LogP contribution in [0, 0.1) is 5.82 Å². The van der Waals surface area contributed by atoms with Gasteiger partial charge in [-0.15, -0.1) is 0 Å². The second-order valence-electron chi connectivity index (χ2n) is 2.16. The van der Waals surface area contributed by atoms with Crippen LogP contribution in [-0.2, 0) is 0 Å². The average molecular weight is 171 g/mol. The molecule has 0 spiro atoms. The summed E-state index contributed by atoms with van der Waals surface area (Å²) in [5.41, 5.74) is 0.300. The number of halogens is 2. The second kappa shape index (κ2) is 2.20. The van der Waals surface area contributed by atoms with Gasteiger partial charge >= 0.3 is 0 Å². The van der Waals surface area contributed by atoms with Crippen molar-refractivity contribution in [2.45, 2.75) is 0 Å². The zero-order valence-electron chi connectivity index (χ0n) is 5.46. The van der Waals surface area contributed by atoms with Gasteiger partial charge in [-0.1, -0.05) is 11.6 Å². The number of hydrogen-bond acceptors (Lipinski definition) is 1. The summed E-state index contributed by atoms with van der Waals surface area (Å²) < 4.78 is 14.5. The molecule has 0 fully saturated rings. The third kappa shape index (κ3) is 0.973. The van der Waals surface area contributed by atoms with Crippen LogP contribution in [0.15, 0.2) is 24.7 Å². The minimum atomic E-state index is -0.400. The zero-order valence-corrected chi connectivity index (χ0v) is 6.22. The molecule has 4 heteroatoms. The van der Waals surface area contributed by atoms with E-state index in [-0.39, 0.29) is 0 Å². The molecule has 56 valence electrons. The van der Waals surface area contributed by atoms with Gasteiger partial charge in [0.25, 0.3) is 0 Å². The normalized spacial score (nSPS) is 10.7. The lowest BCUT2D eigenvalue weighted by Gasteiger charge is -1.94. The van der Waals surface area contributed by atoms with Gasteiger partial charge in [-0.05, 0) is 6.07 Å². The smallest absolute Gasteiger partial charge is 0.173 e. The van der Waals surface area contributed by atoms with E-state index in [0.717, 1.165) is 0 Å². The molecule has 0 aliphatic carbocycles. The Balaban J connectivity index is 2.91. The summed E-state index contributed by atoms with van der Waals surface area (Å²) in [6.45, 7) is 0. The molecule has 2 aromatic rings. The van der Waals surface area contributed by atoms with Crippen LogP contribution < -0.4 is 0 Å². The van der Waals surface area contributed by atoms with Gasteiger partial charge in [0.05, 0.1) is 5.02 Å². The molecule has 2 aromatic heterocycles. The highest BCUT2D eigenvalue weighted by Crippen LogP contribution is 2.13. The first-order valence-corrected chi connectivity index (χ1v) is 3.43. The second-order valence-corrected chi connectivity index (χ2v) is 2.60. The van der Waals surface area contributed by atoms with E-state index in [1.807, 2.05) is 0 Å². The van der Waals surface area contributed by atoms with E-state index in [1.54, 1.807) is 12.4 Å². The predicted molar refractivity (Wildman–Crippen MR) is 40.2 cm³/mol. The van der Waals surface area contributed by atoms with Crippen molar-refractivity contribution in [2.75, 3.05) is 0 Å². The molecule has 0 saturated carbocycles. The highest BCUT2D eigenvalue weighted by atomic mass is 35.5. The maximum atomic E-state index is 12.9. The molecular weight excluding hydrogens is 167 g/mol. The van der Waals surface area contributed by atoms with Crippen molar-refractivity contribution in [3.63, 3.8) is 0 Å². The highest BCUT2D eigenvalue weighted by molar-refractivity contribution is 6.30. The van der Waals surface area contributed by atoms with E-state index in [0.29, 0.717) is 10.7 Å². The Morgan fingerprint density at radius 1 is 1.55 bits per heavy atom. The van der Waals surface area contributed by atoms with Gasteiger partial charge in [-0.3, -0.25) is 0 Å². The van der Waals surface area contributed by atoms with Crippen LogP contribution in [0.3, 0.4) is 0 Å². The Bertz CT molecular complexity index is 396. The first-order valence-electron chi connectivity index (χ1n) is 3.05. The van der Waals surface area contributed by atoms with Crippen molar-refractivity contribution >= 4 is 17.2 Å². The molecule has 0 bridgehead atoms. The molecule has 2 heterocycles. The van der Waals surface area contributed by atoms with Crippen molar-refractivity contribution in [2.24, 2.45) is 0 Å². The minimum absolute atomic E-state index is 0.300. The van der Waals surface area contributed by atoms with Crippen LogP contribution in [0.4, 0.5) is 4.39 Å². The van der Waals surface area contributed by atoms with Crippen molar-refractivity contribution in [3.8, 4) is 0 Å². The largest absolute Gasteiger partial charge is 0.303 e. The fraction of sp³-hybridized carbons (Fsp3) is 0. The number of nitrogens with zero attached hydrogens (tertiary/aromatic N) is 2. The van der Waals surface area contributed by atoms with Crippen LogP contribution in [0.5, 0.6) is 0 Å². The molecular formula is C7H4ClFN2. The van der Waals surface area contributed by atoms with Crippen molar-refractivity contribution < 1.29 is 4.39 Å². The van der Waals surface area contributed by atoms with Gasteiger partial charge in [-0.25, -0.2) is 9.37 Å². The third-order valence-electron chi connectivity index (χ3n) is 1.41. The number of fused-ring (bicyclic) bond motifs is 1. The molecule has 2 rings (SSSR count). The quantitative estimate of drug-likeness (QED) is 0.592. The molecule has 0 unspecified atom stereocenters. The molecule has 0 aliphatic rings. The van der Waals surface area contributed by atoms with Gasteiger partial charge in [0, 0.05) is 18.6 Å². The number of hydrogen-bond donors (Lipinski definition) is 0. The van der Waals surface area contributed by atoms with E-state index < -0.39 is 5.82 Å². The van der Waals surface area contributed by atoms with Crippen molar-refractivity contribution in [1.29, 1.82) is 0 Å². The fourth-order valence-corrected chi connectivity index (χ4v) is 1.16. The van der Waals surface area contributed by atoms with Crippen LogP contribution >= 0.6 is 11.6 Å². The van der Waals surface area contributed by atoms with E-state index in [4.69, 9.17) is 11.6 Å². The van der Waals surface area contributed by atoms with E-state index in [2.05, 4.69) is 4.98 Å². The first-order chi connectivity index (χ1) is 5.27. The average Bonchev–Trinajstić information content (AvgIpc) is 2.34. The number of pyridine rings is 1. The predicted octanol–water partition coefficient (Wildman–Crippen LogP) is 2.13. The standard InChI is InChI=1S/C7H4ClFN2/c8-5-3-6(9)7-10-1-2-11(7)4-5/h1-4H. The van der Waals surface area contributed by atoms with E-state index in [9.17, 15) is 4.39 Å². The molecule has 0 aromatic carbocycles. The molecule has 2 nitrogen and oxygen atoms in total. The van der Waals surface area contributed by atoms with Crippen LogP contribution in [0.1, 0.15) is 0 Å². The van der Waals surface area contributed by atoms with Gasteiger partial charge in [-0.2, -0.15) is 0 Å². The van der Waals surface area contributed by atoms with Gasteiger partial charge in [0.15, 0.2) is 11.5 Å². The summed E-state index contributed by atoms with van der Waals surface area (Å²) in [6.07, 6.45) is 4.77. The van der Waals surface area contributed by atoms with Gasteiger partial charge in [0.2, 0.25) is 0 Å². The maximum absolute atomic E-state index is 12.9. The van der Waals surface area contributed by atoms with Gasteiger partial charge < -0.3 is 4.40 Å². The summed E-state index contributed by atoms with van der Waals surface area (Å²) >= 11 is 5.59. The highest BCUT2D eigenvalue weighted by Gasteiger charge is 2.01. The number of rotatable bonds is 0. The Hall–Kier alpha value is -1.09.